The van der Waals surface area contributed by atoms with Crippen LogP contribution in [-0.2, 0) is 0 Å². The summed E-state index contributed by atoms with van der Waals surface area (Å²) in [6, 6.07) is 0.886. The zero-order valence-corrected chi connectivity index (χ0v) is 10.3. The molecule has 90 valence electrons. The number of hydrogen-bond acceptors (Lipinski definition) is 3. The zero-order valence-electron chi connectivity index (χ0n) is 10.3. The Kier molecular flexibility index (Phi) is 4.56. The van der Waals surface area contributed by atoms with Crippen LogP contribution in [0.5, 0.6) is 0 Å². The molecule has 15 heavy (non-hydrogen) atoms. The van der Waals surface area contributed by atoms with Crippen molar-refractivity contribution in [1.82, 2.24) is 5.32 Å². The molecule has 0 spiro atoms. The highest BCUT2D eigenvalue weighted by atomic mass is 16.3. The summed E-state index contributed by atoms with van der Waals surface area (Å²) in [6.07, 6.45) is 3.94. The summed E-state index contributed by atoms with van der Waals surface area (Å²) >= 11 is 0. The largest absolute Gasteiger partial charge is 0.392 e. The summed E-state index contributed by atoms with van der Waals surface area (Å²) in [5, 5.41) is 13.2. The third kappa shape index (κ3) is 5.50. The first-order valence-electron chi connectivity index (χ1n) is 6.04. The third-order valence-electron chi connectivity index (χ3n) is 2.96. The standard InChI is InChI=1S/C12H26N2O/c1-12(2,3)7-11(15)8-14-10-5-4-9(13)6-10/h9-11,14-15H,4-8,13H2,1-3H3. The van der Waals surface area contributed by atoms with E-state index in [1.54, 1.807) is 0 Å². The van der Waals surface area contributed by atoms with E-state index in [1.807, 2.05) is 0 Å². The first kappa shape index (κ1) is 12.9. The SMILES string of the molecule is CC(C)(C)CC(O)CNC1CCC(N)C1. The van der Waals surface area contributed by atoms with Gasteiger partial charge in [-0.3, -0.25) is 0 Å². The van der Waals surface area contributed by atoms with Crippen LogP contribution in [0.15, 0.2) is 0 Å². The van der Waals surface area contributed by atoms with Crippen molar-refractivity contribution < 1.29 is 5.11 Å². The van der Waals surface area contributed by atoms with Gasteiger partial charge in [0.15, 0.2) is 0 Å². The molecule has 3 heteroatoms. The molecule has 0 heterocycles. The van der Waals surface area contributed by atoms with Crippen LogP contribution in [0.4, 0.5) is 0 Å². The summed E-state index contributed by atoms with van der Waals surface area (Å²) in [6.45, 7) is 7.17. The second-order valence-electron chi connectivity index (χ2n) is 6.10. The first-order valence-corrected chi connectivity index (χ1v) is 6.04. The van der Waals surface area contributed by atoms with Gasteiger partial charge < -0.3 is 16.2 Å². The number of nitrogens with two attached hydrogens (primary N) is 1. The van der Waals surface area contributed by atoms with Crippen molar-refractivity contribution in [3.63, 3.8) is 0 Å². The molecule has 0 radical (unpaired) electrons. The van der Waals surface area contributed by atoms with Crippen LogP contribution in [0.2, 0.25) is 0 Å². The summed E-state index contributed by atoms with van der Waals surface area (Å²) in [5.41, 5.74) is 6.03. The van der Waals surface area contributed by atoms with Gasteiger partial charge in [0.25, 0.3) is 0 Å². The van der Waals surface area contributed by atoms with Gasteiger partial charge in [-0.05, 0) is 31.1 Å². The molecule has 0 aliphatic heterocycles. The summed E-state index contributed by atoms with van der Waals surface area (Å²) in [7, 11) is 0. The van der Waals surface area contributed by atoms with Gasteiger partial charge in [0, 0.05) is 18.6 Å². The van der Waals surface area contributed by atoms with Crippen LogP contribution in [0.1, 0.15) is 46.5 Å². The molecule has 1 aliphatic rings. The van der Waals surface area contributed by atoms with Gasteiger partial charge in [0.2, 0.25) is 0 Å². The fourth-order valence-electron chi connectivity index (χ4n) is 2.28. The average Bonchev–Trinajstić information content (AvgIpc) is 2.45. The van der Waals surface area contributed by atoms with E-state index >= 15 is 0 Å². The monoisotopic (exact) mass is 214 g/mol. The maximum atomic E-state index is 9.82. The fourth-order valence-corrected chi connectivity index (χ4v) is 2.28. The Hall–Kier alpha value is -0.120. The average molecular weight is 214 g/mol. The molecule has 1 saturated carbocycles. The third-order valence-corrected chi connectivity index (χ3v) is 2.96. The second-order valence-corrected chi connectivity index (χ2v) is 6.10. The lowest BCUT2D eigenvalue weighted by atomic mass is 9.89. The predicted octanol–water partition coefficient (Wildman–Crippen LogP) is 1.25. The normalized spacial score (nSPS) is 29.4. The number of aliphatic hydroxyl groups is 1. The Morgan fingerprint density at radius 1 is 1.40 bits per heavy atom. The van der Waals surface area contributed by atoms with Crippen LogP contribution in [0, 0.1) is 5.41 Å². The van der Waals surface area contributed by atoms with Crippen molar-refractivity contribution in [3.05, 3.63) is 0 Å². The van der Waals surface area contributed by atoms with E-state index in [0.717, 1.165) is 25.7 Å². The van der Waals surface area contributed by atoms with Crippen LogP contribution in [0.25, 0.3) is 0 Å². The predicted molar refractivity (Wildman–Crippen MR) is 63.7 cm³/mol. The van der Waals surface area contributed by atoms with E-state index in [1.165, 1.54) is 0 Å². The molecule has 0 aromatic rings. The molecule has 0 bridgehead atoms. The molecule has 3 nitrogen and oxygen atoms in total. The maximum absolute atomic E-state index is 9.82. The van der Waals surface area contributed by atoms with Crippen molar-refractivity contribution in [3.8, 4) is 0 Å². The van der Waals surface area contributed by atoms with Gasteiger partial charge in [-0.25, -0.2) is 0 Å². The Morgan fingerprint density at radius 2 is 2.07 bits per heavy atom. The first-order chi connectivity index (χ1) is 6.87. The molecule has 1 aliphatic carbocycles. The molecule has 3 atom stereocenters. The highest BCUT2D eigenvalue weighted by Crippen LogP contribution is 2.21. The number of aliphatic hydroxyl groups excluding tert-OH is 1. The van der Waals surface area contributed by atoms with Crippen LogP contribution in [0.3, 0.4) is 0 Å². The summed E-state index contributed by atoms with van der Waals surface area (Å²) < 4.78 is 0. The number of rotatable bonds is 4. The lowest BCUT2D eigenvalue weighted by molar-refractivity contribution is 0.116. The Balaban J connectivity index is 2.14. The zero-order chi connectivity index (χ0) is 11.5. The van der Waals surface area contributed by atoms with E-state index in [2.05, 4.69) is 26.1 Å². The Bertz CT molecular complexity index is 189. The minimum Gasteiger partial charge on any atom is -0.392 e. The Morgan fingerprint density at radius 3 is 2.53 bits per heavy atom. The van der Waals surface area contributed by atoms with Gasteiger partial charge in [0.05, 0.1) is 6.10 Å². The molecule has 0 saturated heterocycles. The minimum absolute atomic E-state index is 0.202. The van der Waals surface area contributed by atoms with E-state index in [0.29, 0.717) is 18.6 Å². The van der Waals surface area contributed by atoms with Crippen LogP contribution >= 0.6 is 0 Å². The van der Waals surface area contributed by atoms with Gasteiger partial charge in [-0.1, -0.05) is 20.8 Å². The van der Waals surface area contributed by atoms with Gasteiger partial charge >= 0.3 is 0 Å². The van der Waals surface area contributed by atoms with Crippen LogP contribution in [-0.4, -0.2) is 29.8 Å². The highest BCUT2D eigenvalue weighted by molar-refractivity contribution is 4.83. The van der Waals surface area contributed by atoms with Crippen molar-refractivity contribution in [2.45, 2.75) is 64.6 Å². The summed E-state index contributed by atoms with van der Waals surface area (Å²) in [5.74, 6) is 0. The van der Waals surface area contributed by atoms with Crippen LogP contribution < -0.4 is 11.1 Å². The molecular weight excluding hydrogens is 188 g/mol. The van der Waals surface area contributed by atoms with E-state index in [9.17, 15) is 5.11 Å². The number of nitrogens with one attached hydrogen (secondary N) is 1. The van der Waals surface area contributed by atoms with Gasteiger partial charge in [0.1, 0.15) is 0 Å². The minimum atomic E-state index is -0.234. The lowest BCUT2D eigenvalue weighted by Crippen LogP contribution is -2.36. The molecule has 4 N–H and O–H groups in total. The molecule has 1 fully saturated rings. The van der Waals surface area contributed by atoms with Crippen molar-refractivity contribution >= 4 is 0 Å². The van der Waals surface area contributed by atoms with E-state index < -0.39 is 0 Å². The maximum Gasteiger partial charge on any atom is 0.0669 e. The van der Waals surface area contributed by atoms with E-state index in [-0.39, 0.29) is 11.5 Å². The topological polar surface area (TPSA) is 58.3 Å². The molecule has 0 aromatic heterocycles. The smallest absolute Gasteiger partial charge is 0.0669 e. The van der Waals surface area contributed by atoms with E-state index in [4.69, 9.17) is 5.73 Å². The summed E-state index contributed by atoms with van der Waals surface area (Å²) in [4.78, 5) is 0. The quantitative estimate of drug-likeness (QED) is 0.660. The second kappa shape index (κ2) is 5.28. The van der Waals surface area contributed by atoms with Crippen molar-refractivity contribution in [2.75, 3.05) is 6.54 Å². The van der Waals surface area contributed by atoms with Crippen molar-refractivity contribution in [1.29, 1.82) is 0 Å². The highest BCUT2D eigenvalue weighted by Gasteiger charge is 2.23. The molecular formula is C12H26N2O. The molecule has 0 amide bonds. The van der Waals surface area contributed by atoms with Gasteiger partial charge in [-0.2, -0.15) is 0 Å². The van der Waals surface area contributed by atoms with Crippen molar-refractivity contribution in [2.24, 2.45) is 11.1 Å². The fraction of sp³-hybridized carbons (Fsp3) is 1.00. The molecule has 0 aromatic carbocycles. The number of hydrogen-bond donors (Lipinski definition) is 3. The Labute approximate surface area is 93.4 Å². The lowest BCUT2D eigenvalue weighted by Gasteiger charge is -2.23. The molecule has 1 rings (SSSR count). The van der Waals surface area contributed by atoms with Gasteiger partial charge in [-0.15, -0.1) is 0 Å². The molecule has 3 unspecified atom stereocenters.